The first-order chi connectivity index (χ1) is 11.5. The lowest BCUT2D eigenvalue weighted by atomic mass is 9.95. The molecule has 0 aromatic heterocycles. The predicted molar refractivity (Wildman–Crippen MR) is 86.7 cm³/mol. The molecule has 3 atom stereocenters. The van der Waals surface area contributed by atoms with E-state index in [0.29, 0.717) is 12.1 Å². The molecular formula is C18H23FN2O3. The van der Waals surface area contributed by atoms with Crippen LogP contribution in [-0.4, -0.2) is 54.0 Å². The van der Waals surface area contributed by atoms with Crippen LogP contribution in [0.5, 0.6) is 0 Å². The number of likely N-dealkylation sites (N-methyl/N-ethyl adjacent to an activating group) is 1. The van der Waals surface area contributed by atoms with Gasteiger partial charge in [0.25, 0.3) is 5.91 Å². The second kappa shape index (κ2) is 6.89. The number of halogens is 1. The number of amides is 2. The van der Waals surface area contributed by atoms with Gasteiger partial charge in [-0.1, -0.05) is 12.1 Å². The number of morpholine rings is 1. The molecule has 0 aliphatic carbocycles. The van der Waals surface area contributed by atoms with Crippen LogP contribution in [0.2, 0.25) is 0 Å². The number of rotatable bonds is 2. The SMILES string of the molecule is C[C@@H]1CCCCN1C(=O)[C@@H]1OCC(=O)N(C)[C@H]1c1cccc(F)c1. The molecule has 3 rings (SSSR count). The van der Waals surface area contributed by atoms with Gasteiger partial charge >= 0.3 is 0 Å². The van der Waals surface area contributed by atoms with Gasteiger partial charge in [-0.25, -0.2) is 4.39 Å². The van der Waals surface area contributed by atoms with E-state index in [2.05, 4.69) is 0 Å². The zero-order valence-corrected chi connectivity index (χ0v) is 14.1. The second-order valence-corrected chi connectivity index (χ2v) is 6.61. The van der Waals surface area contributed by atoms with Crippen LogP contribution < -0.4 is 0 Å². The standard InChI is InChI=1S/C18H23FN2O3/c1-12-6-3-4-9-21(12)18(23)17-16(20(2)15(22)11-24-17)13-7-5-8-14(19)10-13/h5,7-8,10,12,16-17H,3-4,6,9,11H2,1-2H3/t12-,16+,17-/m1/s1. The molecule has 2 aliphatic heterocycles. The number of hydrogen-bond donors (Lipinski definition) is 0. The fourth-order valence-corrected chi connectivity index (χ4v) is 3.60. The fourth-order valence-electron chi connectivity index (χ4n) is 3.60. The highest BCUT2D eigenvalue weighted by molar-refractivity contribution is 5.86. The fraction of sp³-hybridized carbons (Fsp3) is 0.556. The summed E-state index contributed by atoms with van der Waals surface area (Å²) in [5.74, 6) is -0.715. The van der Waals surface area contributed by atoms with Gasteiger partial charge in [-0.2, -0.15) is 0 Å². The highest BCUT2D eigenvalue weighted by Gasteiger charge is 2.43. The van der Waals surface area contributed by atoms with E-state index in [1.54, 1.807) is 19.2 Å². The number of ether oxygens (including phenoxy) is 1. The molecule has 24 heavy (non-hydrogen) atoms. The van der Waals surface area contributed by atoms with Crippen molar-refractivity contribution in [1.29, 1.82) is 0 Å². The van der Waals surface area contributed by atoms with Crippen molar-refractivity contribution >= 4 is 11.8 Å². The molecule has 0 N–H and O–H groups in total. The van der Waals surface area contributed by atoms with E-state index in [0.717, 1.165) is 19.3 Å². The number of carbonyl (C=O) groups is 2. The van der Waals surface area contributed by atoms with E-state index < -0.39 is 18.0 Å². The monoisotopic (exact) mass is 334 g/mol. The van der Waals surface area contributed by atoms with E-state index >= 15 is 0 Å². The normalized spacial score (nSPS) is 28.1. The van der Waals surface area contributed by atoms with E-state index in [1.165, 1.54) is 17.0 Å². The minimum atomic E-state index is -0.796. The lowest BCUT2D eigenvalue weighted by Gasteiger charge is -2.42. The smallest absolute Gasteiger partial charge is 0.254 e. The number of carbonyl (C=O) groups excluding carboxylic acids is 2. The quantitative estimate of drug-likeness (QED) is 0.832. The van der Waals surface area contributed by atoms with Crippen molar-refractivity contribution in [2.24, 2.45) is 0 Å². The van der Waals surface area contributed by atoms with Gasteiger partial charge in [-0.15, -0.1) is 0 Å². The van der Waals surface area contributed by atoms with Crippen LogP contribution in [0.1, 0.15) is 37.8 Å². The van der Waals surface area contributed by atoms with E-state index in [-0.39, 0.29) is 24.5 Å². The first kappa shape index (κ1) is 16.9. The van der Waals surface area contributed by atoms with Gasteiger partial charge in [0.15, 0.2) is 6.10 Å². The summed E-state index contributed by atoms with van der Waals surface area (Å²) in [6.07, 6.45) is 2.26. The molecule has 2 saturated heterocycles. The summed E-state index contributed by atoms with van der Waals surface area (Å²) in [5, 5.41) is 0. The van der Waals surface area contributed by atoms with Crippen LogP contribution in [0.15, 0.2) is 24.3 Å². The molecule has 1 aromatic rings. The van der Waals surface area contributed by atoms with E-state index in [1.807, 2.05) is 11.8 Å². The van der Waals surface area contributed by atoms with Crippen LogP contribution in [0.3, 0.4) is 0 Å². The zero-order chi connectivity index (χ0) is 17.3. The Kier molecular flexibility index (Phi) is 4.85. The highest BCUT2D eigenvalue weighted by Crippen LogP contribution is 2.32. The van der Waals surface area contributed by atoms with Crippen molar-refractivity contribution in [3.8, 4) is 0 Å². The van der Waals surface area contributed by atoms with Crippen LogP contribution in [-0.2, 0) is 14.3 Å². The Morgan fingerprint density at radius 3 is 2.83 bits per heavy atom. The van der Waals surface area contributed by atoms with Crippen LogP contribution >= 0.6 is 0 Å². The number of likely N-dealkylation sites (tertiary alicyclic amines) is 1. The Labute approximate surface area is 141 Å². The topological polar surface area (TPSA) is 49.9 Å². The van der Waals surface area contributed by atoms with Gasteiger partial charge < -0.3 is 14.5 Å². The van der Waals surface area contributed by atoms with Crippen LogP contribution in [0.25, 0.3) is 0 Å². The Hall–Kier alpha value is -1.95. The molecule has 1 aromatic carbocycles. The summed E-state index contributed by atoms with van der Waals surface area (Å²) in [5.41, 5.74) is 0.577. The average molecular weight is 334 g/mol. The van der Waals surface area contributed by atoms with Gasteiger partial charge in [-0.3, -0.25) is 9.59 Å². The molecule has 2 aliphatic rings. The van der Waals surface area contributed by atoms with Crippen molar-refractivity contribution in [2.45, 2.75) is 44.4 Å². The van der Waals surface area contributed by atoms with Crippen molar-refractivity contribution < 1.29 is 18.7 Å². The molecular weight excluding hydrogens is 311 g/mol. The molecule has 130 valence electrons. The van der Waals surface area contributed by atoms with Crippen molar-refractivity contribution in [3.05, 3.63) is 35.6 Å². The third kappa shape index (κ3) is 3.15. The Balaban J connectivity index is 1.91. The number of piperidine rings is 1. The summed E-state index contributed by atoms with van der Waals surface area (Å²) in [4.78, 5) is 28.4. The van der Waals surface area contributed by atoms with Crippen LogP contribution in [0.4, 0.5) is 4.39 Å². The first-order valence-corrected chi connectivity index (χ1v) is 8.42. The summed E-state index contributed by atoms with van der Waals surface area (Å²) in [7, 11) is 1.64. The molecule has 0 unspecified atom stereocenters. The van der Waals surface area contributed by atoms with E-state index in [4.69, 9.17) is 4.74 Å². The molecule has 0 spiro atoms. The first-order valence-electron chi connectivity index (χ1n) is 8.42. The lowest BCUT2D eigenvalue weighted by Crippen LogP contribution is -2.56. The Morgan fingerprint density at radius 1 is 1.33 bits per heavy atom. The number of benzene rings is 1. The van der Waals surface area contributed by atoms with Crippen molar-refractivity contribution in [3.63, 3.8) is 0 Å². The predicted octanol–water partition coefficient (Wildman–Crippen LogP) is 2.12. The van der Waals surface area contributed by atoms with Gasteiger partial charge in [0.05, 0.1) is 6.04 Å². The maximum Gasteiger partial charge on any atom is 0.254 e. The molecule has 2 fully saturated rings. The minimum absolute atomic E-state index is 0.115. The summed E-state index contributed by atoms with van der Waals surface area (Å²) >= 11 is 0. The number of nitrogens with zero attached hydrogens (tertiary/aromatic N) is 2. The summed E-state index contributed by atoms with van der Waals surface area (Å²) < 4.78 is 19.3. The molecule has 0 radical (unpaired) electrons. The van der Waals surface area contributed by atoms with Gasteiger partial charge in [-0.05, 0) is 43.9 Å². The Bertz CT molecular complexity index is 636. The average Bonchev–Trinajstić information content (AvgIpc) is 2.57. The van der Waals surface area contributed by atoms with Crippen molar-refractivity contribution in [2.75, 3.05) is 20.2 Å². The largest absolute Gasteiger partial charge is 0.356 e. The molecule has 0 bridgehead atoms. The number of hydrogen-bond acceptors (Lipinski definition) is 3. The molecule has 2 amide bonds. The van der Waals surface area contributed by atoms with E-state index in [9.17, 15) is 14.0 Å². The minimum Gasteiger partial charge on any atom is -0.356 e. The van der Waals surface area contributed by atoms with Crippen molar-refractivity contribution in [1.82, 2.24) is 9.80 Å². The molecule has 6 heteroatoms. The van der Waals surface area contributed by atoms with Gasteiger partial charge in [0, 0.05) is 19.6 Å². The molecule has 5 nitrogen and oxygen atoms in total. The maximum atomic E-state index is 13.7. The third-order valence-corrected chi connectivity index (χ3v) is 5.00. The zero-order valence-electron chi connectivity index (χ0n) is 14.1. The lowest BCUT2D eigenvalue weighted by molar-refractivity contribution is -0.169. The molecule has 0 saturated carbocycles. The van der Waals surface area contributed by atoms with Crippen LogP contribution in [0, 0.1) is 5.82 Å². The summed E-state index contributed by atoms with van der Waals surface area (Å²) in [6.45, 7) is 2.61. The second-order valence-electron chi connectivity index (χ2n) is 6.61. The highest BCUT2D eigenvalue weighted by atomic mass is 19.1. The molecule has 2 heterocycles. The maximum absolute atomic E-state index is 13.7. The van der Waals surface area contributed by atoms with Gasteiger partial charge in [0.2, 0.25) is 5.91 Å². The Morgan fingerprint density at radius 2 is 2.12 bits per heavy atom. The third-order valence-electron chi connectivity index (χ3n) is 5.00. The summed E-state index contributed by atoms with van der Waals surface area (Å²) in [6, 6.07) is 5.57. The van der Waals surface area contributed by atoms with Gasteiger partial charge in [0.1, 0.15) is 12.4 Å².